The monoisotopic (exact) mass is 208 g/mol. The molecule has 1 aromatic carbocycles. The highest BCUT2D eigenvalue weighted by molar-refractivity contribution is 5.48. The predicted molar refractivity (Wildman–Crippen MR) is 54.7 cm³/mol. The van der Waals surface area contributed by atoms with Crippen molar-refractivity contribution in [3.05, 3.63) is 33.9 Å². The normalized spacial score (nSPS) is 20.4. The van der Waals surface area contributed by atoms with Gasteiger partial charge in [-0.1, -0.05) is 6.07 Å². The van der Waals surface area contributed by atoms with Crippen molar-refractivity contribution in [2.45, 2.75) is 18.9 Å². The van der Waals surface area contributed by atoms with E-state index in [2.05, 4.69) is 5.32 Å². The molecule has 0 saturated carbocycles. The Morgan fingerprint density at radius 1 is 1.53 bits per heavy atom. The van der Waals surface area contributed by atoms with Crippen molar-refractivity contribution in [1.29, 1.82) is 0 Å². The molecule has 2 rings (SSSR count). The molecule has 5 heteroatoms. The summed E-state index contributed by atoms with van der Waals surface area (Å²) in [5, 5.41) is 23.2. The van der Waals surface area contributed by atoms with Gasteiger partial charge >= 0.3 is 5.69 Å². The SMILES string of the molecule is O=[N+]([O-])c1cc([C@H]2CCCN2)ccc1O. The summed E-state index contributed by atoms with van der Waals surface area (Å²) < 4.78 is 0. The molecular formula is C10H12N2O3. The average molecular weight is 208 g/mol. The molecule has 0 bridgehead atoms. The van der Waals surface area contributed by atoms with E-state index in [1.807, 2.05) is 0 Å². The molecule has 5 nitrogen and oxygen atoms in total. The lowest BCUT2D eigenvalue weighted by Gasteiger charge is -2.10. The third-order valence-corrected chi connectivity index (χ3v) is 2.66. The van der Waals surface area contributed by atoms with E-state index >= 15 is 0 Å². The first-order chi connectivity index (χ1) is 7.18. The topological polar surface area (TPSA) is 75.4 Å². The Morgan fingerprint density at radius 3 is 2.93 bits per heavy atom. The maximum absolute atomic E-state index is 10.6. The number of nitro groups is 1. The number of phenolic OH excluding ortho intramolecular Hbond substituents is 1. The Balaban J connectivity index is 2.33. The van der Waals surface area contributed by atoms with Crippen LogP contribution >= 0.6 is 0 Å². The van der Waals surface area contributed by atoms with Crippen LogP contribution in [0, 0.1) is 10.1 Å². The molecule has 1 heterocycles. The molecule has 15 heavy (non-hydrogen) atoms. The quantitative estimate of drug-likeness (QED) is 0.573. The lowest BCUT2D eigenvalue weighted by molar-refractivity contribution is -0.385. The van der Waals surface area contributed by atoms with Crippen LogP contribution in [0.5, 0.6) is 5.75 Å². The average Bonchev–Trinajstić information content (AvgIpc) is 2.71. The number of nitrogens with one attached hydrogen (secondary N) is 1. The van der Waals surface area contributed by atoms with Gasteiger partial charge in [-0.05, 0) is 31.0 Å². The molecule has 0 unspecified atom stereocenters. The smallest absolute Gasteiger partial charge is 0.311 e. The van der Waals surface area contributed by atoms with Crippen LogP contribution in [0.4, 0.5) is 5.69 Å². The van der Waals surface area contributed by atoms with Gasteiger partial charge in [-0.25, -0.2) is 0 Å². The van der Waals surface area contributed by atoms with E-state index in [0.717, 1.165) is 24.9 Å². The van der Waals surface area contributed by atoms with E-state index in [-0.39, 0.29) is 17.5 Å². The van der Waals surface area contributed by atoms with Crippen molar-refractivity contribution >= 4 is 5.69 Å². The van der Waals surface area contributed by atoms with E-state index in [9.17, 15) is 15.2 Å². The molecule has 1 fully saturated rings. The summed E-state index contributed by atoms with van der Waals surface area (Å²) in [7, 11) is 0. The number of nitrogens with zero attached hydrogens (tertiary/aromatic N) is 1. The van der Waals surface area contributed by atoms with Crippen molar-refractivity contribution in [1.82, 2.24) is 5.32 Å². The molecule has 0 radical (unpaired) electrons. The number of phenols is 1. The zero-order chi connectivity index (χ0) is 10.8. The second kappa shape index (κ2) is 3.86. The number of hydrogen-bond donors (Lipinski definition) is 2. The van der Waals surface area contributed by atoms with Gasteiger partial charge in [0.2, 0.25) is 0 Å². The predicted octanol–water partition coefficient (Wildman–Crippen LogP) is 1.72. The minimum atomic E-state index is -0.562. The summed E-state index contributed by atoms with van der Waals surface area (Å²) in [4.78, 5) is 10.1. The third-order valence-electron chi connectivity index (χ3n) is 2.66. The van der Waals surface area contributed by atoms with E-state index in [1.165, 1.54) is 12.1 Å². The van der Waals surface area contributed by atoms with Crippen LogP contribution in [0.15, 0.2) is 18.2 Å². The Labute approximate surface area is 86.9 Å². The fourth-order valence-corrected chi connectivity index (χ4v) is 1.87. The highest BCUT2D eigenvalue weighted by Crippen LogP contribution is 2.31. The number of benzene rings is 1. The van der Waals surface area contributed by atoms with E-state index in [1.54, 1.807) is 6.07 Å². The molecule has 1 aliphatic rings. The van der Waals surface area contributed by atoms with Crippen molar-refractivity contribution in [3.63, 3.8) is 0 Å². The highest BCUT2D eigenvalue weighted by Gasteiger charge is 2.20. The second-order valence-corrected chi connectivity index (χ2v) is 3.65. The second-order valence-electron chi connectivity index (χ2n) is 3.65. The standard InChI is InChI=1S/C10H12N2O3/c13-10-4-3-7(6-9(10)12(14)15)8-2-1-5-11-8/h3-4,6,8,11,13H,1-2,5H2/t8-/m1/s1. The number of aromatic hydroxyl groups is 1. The fraction of sp³-hybridized carbons (Fsp3) is 0.400. The third kappa shape index (κ3) is 1.92. The van der Waals surface area contributed by atoms with Crippen molar-refractivity contribution in [2.75, 3.05) is 6.54 Å². The molecule has 0 spiro atoms. The summed E-state index contributed by atoms with van der Waals surface area (Å²) in [6, 6.07) is 4.74. The first-order valence-electron chi connectivity index (χ1n) is 4.89. The molecule has 0 aliphatic carbocycles. The van der Waals surface area contributed by atoms with E-state index in [0.29, 0.717) is 0 Å². The van der Waals surface area contributed by atoms with Gasteiger partial charge in [0.15, 0.2) is 5.75 Å². The lowest BCUT2D eigenvalue weighted by atomic mass is 10.0. The fourth-order valence-electron chi connectivity index (χ4n) is 1.87. The molecule has 1 atom stereocenters. The molecular weight excluding hydrogens is 196 g/mol. The molecule has 80 valence electrons. The Morgan fingerprint density at radius 2 is 2.33 bits per heavy atom. The first kappa shape index (κ1) is 9.92. The highest BCUT2D eigenvalue weighted by atomic mass is 16.6. The lowest BCUT2D eigenvalue weighted by Crippen LogP contribution is -2.12. The Bertz CT molecular complexity index is 386. The van der Waals surface area contributed by atoms with Gasteiger partial charge in [-0.15, -0.1) is 0 Å². The maximum atomic E-state index is 10.6. The van der Waals surface area contributed by atoms with Crippen molar-refractivity contribution < 1.29 is 10.0 Å². The van der Waals surface area contributed by atoms with Crippen LogP contribution in [0.1, 0.15) is 24.4 Å². The first-order valence-corrected chi connectivity index (χ1v) is 4.89. The largest absolute Gasteiger partial charge is 0.502 e. The zero-order valence-electron chi connectivity index (χ0n) is 8.14. The minimum Gasteiger partial charge on any atom is -0.502 e. The number of nitro benzene ring substituents is 1. The van der Waals surface area contributed by atoms with E-state index in [4.69, 9.17) is 0 Å². The Hall–Kier alpha value is -1.62. The van der Waals surface area contributed by atoms with Gasteiger partial charge in [0.05, 0.1) is 4.92 Å². The molecule has 1 saturated heterocycles. The summed E-state index contributed by atoms with van der Waals surface area (Å²) in [6.45, 7) is 0.944. The minimum absolute atomic E-state index is 0.185. The van der Waals surface area contributed by atoms with Gasteiger partial charge in [0.25, 0.3) is 0 Å². The molecule has 0 amide bonds. The van der Waals surface area contributed by atoms with Crippen LogP contribution < -0.4 is 5.32 Å². The van der Waals surface area contributed by atoms with Crippen LogP contribution in [-0.2, 0) is 0 Å². The van der Waals surface area contributed by atoms with Gasteiger partial charge < -0.3 is 10.4 Å². The van der Waals surface area contributed by atoms with Gasteiger partial charge in [0.1, 0.15) is 0 Å². The van der Waals surface area contributed by atoms with Crippen LogP contribution in [0.3, 0.4) is 0 Å². The van der Waals surface area contributed by atoms with Gasteiger partial charge in [0, 0.05) is 12.1 Å². The van der Waals surface area contributed by atoms with E-state index < -0.39 is 4.92 Å². The van der Waals surface area contributed by atoms with Crippen molar-refractivity contribution in [2.24, 2.45) is 0 Å². The summed E-state index contributed by atoms with van der Waals surface area (Å²) >= 11 is 0. The van der Waals surface area contributed by atoms with Crippen molar-refractivity contribution in [3.8, 4) is 5.75 Å². The van der Waals surface area contributed by atoms with Gasteiger partial charge in [-0.2, -0.15) is 0 Å². The maximum Gasteiger partial charge on any atom is 0.311 e. The summed E-state index contributed by atoms with van der Waals surface area (Å²) in [6.07, 6.45) is 2.07. The zero-order valence-corrected chi connectivity index (χ0v) is 8.14. The summed E-state index contributed by atoms with van der Waals surface area (Å²) in [5.74, 6) is -0.276. The van der Waals surface area contributed by atoms with Crippen LogP contribution in [0.2, 0.25) is 0 Å². The summed E-state index contributed by atoms with van der Waals surface area (Å²) in [5.41, 5.74) is 0.651. The molecule has 1 aliphatic heterocycles. The number of rotatable bonds is 2. The number of hydrogen-bond acceptors (Lipinski definition) is 4. The Kier molecular flexibility index (Phi) is 2.55. The molecule has 2 N–H and O–H groups in total. The molecule has 1 aromatic rings. The van der Waals surface area contributed by atoms with Crippen LogP contribution in [0.25, 0.3) is 0 Å². The molecule has 0 aromatic heterocycles. The van der Waals surface area contributed by atoms with Gasteiger partial charge in [-0.3, -0.25) is 10.1 Å². The van der Waals surface area contributed by atoms with Crippen LogP contribution in [-0.4, -0.2) is 16.6 Å².